The van der Waals surface area contributed by atoms with Gasteiger partial charge >= 0.3 is 6.09 Å². The first-order chi connectivity index (χ1) is 14.4. The highest BCUT2D eigenvalue weighted by Crippen LogP contribution is 2.37. The van der Waals surface area contributed by atoms with Gasteiger partial charge in [0.1, 0.15) is 10.5 Å². The van der Waals surface area contributed by atoms with Gasteiger partial charge in [0.05, 0.1) is 18.0 Å². The largest absolute Gasteiger partial charge is 0.414 e. The number of piperidine rings is 1. The number of alkyl carbamates (subject to hydrolysis) is 1. The Bertz CT molecular complexity index is 1050. The van der Waals surface area contributed by atoms with Crippen LogP contribution in [0.3, 0.4) is 0 Å². The molecule has 8 nitrogen and oxygen atoms in total. The van der Waals surface area contributed by atoms with Gasteiger partial charge in [0, 0.05) is 30.8 Å². The molecule has 11 heteroatoms. The molecule has 160 valence electrons. The molecular formula is C19H20ClN3O5S2. The number of carbonyl (C=O) groups is 1. The van der Waals surface area contributed by atoms with Crippen LogP contribution in [-0.4, -0.2) is 43.4 Å². The first-order valence-corrected chi connectivity index (χ1v) is 12.1. The highest BCUT2D eigenvalue weighted by atomic mass is 35.5. The van der Waals surface area contributed by atoms with Crippen LogP contribution < -0.4 is 5.32 Å². The van der Waals surface area contributed by atoms with Gasteiger partial charge in [-0.3, -0.25) is 0 Å². The highest BCUT2D eigenvalue weighted by Gasteiger charge is 2.45. The number of sulfonamides is 1. The molecule has 1 fully saturated rings. The number of amides is 1. The van der Waals surface area contributed by atoms with E-state index in [9.17, 15) is 13.2 Å². The molecule has 0 saturated carbocycles. The molecule has 4 rings (SSSR count). The number of oxime groups is 1. The Morgan fingerprint density at radius 3 is 2.73 bits per heavy atom. The van der Waals surface area contributed by atoms with Crippen molar-refractivity contribution in [2.45, 2.75) is 36.3 Å². The summed E-state index contributed by atoms with van der Waals surface area (Å²) >= 11 is 7.61. The zero-order valence-corrected chi connectivity index (χ0v) is 18.3. The maximum atomic E-state index is 12.9. The van der Waals surface area contributed by atoms with E-state index in [0.29, 0.717) is 25.8 Å². The molecule has 3 heterocycles. The Morgan fingerprint density at radius 1 is 1.27 bits per heavy atom. The van der Waals surface area contributed by atoms with Gasteiger partial charge in [-0.1, -0.05) is 35.0 Å². The van der Waals surface area contributed by atoms with Gasteiger partial charge in [-0.25, -0.2) is 13.2 Å². The predicted octanol–water partition coefficient (Wildman–Crippen LogP) is 3.59. The normalized spacial score (nSPS) is 18.6. The number of ether oxygens (including phenoxy) is 1. The Morgan fingerprint density at radius 2 is 2.03 bits per heavy atom. The lowest BCUT2D eigenvalue weighted by Crippen LogP contribution is -2.47. The van der Waals surface area contributed by atoms with E-state index in [2.05, 4.69) is 10.5 Å². The SMILES string of the molecule is O=C(NCc1cccs1)OC1=NOC2(CCN(S(=O)(=O)c3ccccc3Cl)CC2)C1. The van der Waals surface area contributed by atoms with E-state index in [1.54, 1.807) is 18.2 Å². The minimum atomic E-state index is -3.69. The summed E-state index contributed by atoms with van der Waals surface area (Å²) in [6.45, 7) is 0.909. The fourth-order valence-electron chi connectivity index (χ4n) is 3.45. The van der Waals surface area contributed by atoms with Crippen LogP contribution in [0.25, 0.3) is 0 Å². The van der Waals surface area contributed by atoms with Gasteiger partial charge in [-0.05, 0) is 23.6 Å². The van der Waals surface area contributed by atoms with Crippen LogP contribution in [0.15, 0.2) is 51.8 Å². The lowest BCUT2D eigenvalue weighted by atomic mass is 9.89. The number of benzene rings is 1. The van der Waals surface area contributed by atoms with E-state index in [0.717, 1.165) is 4.88 Å². The van der Waals surface area contributed by atoms with Crippen molar-refractivity contribution in [1.82, 2.24) is 9.62 Å². The lowest BCUT2D eigenvalue weighted by molar-refractivity contribution is -0.0506. The van der Waals surface area contributed by atoms with Gasteiger partial charge in [0.2, 0.25) is 15.9 Å². The van der Waals surface area contributed by atoms with Crippen molar-refractivity contribution in [2.75, 3.05) is 13.1 Å². The summed E-state index contributed by atoms with van der Waals surface area (Å²) in [4.78, 5) is 18.7. The number of rotatable bonds is 4. The van der Waals surface area contributed by atoms with Crippen molar-refractivity contribution in [2.24, 2.45) is 5.16 Å². The maximum absolute atomic E-state index is 12.9. The molecule has 0 unspecified atom stereocenters. The van der Waals surface area contributed by atoms with Crippen molar-refractivity contribution >= 4 is 45.0 Å². The number of nitrogens with zero attached hydrogens (tertiary/aromatic N) is 2. The molecule has 0 bridgehead atoms. The van der Waals surface area contributed by atoms with E-state index >= 15 is 0 Å². The van der Waals surface area contributed by atoms with E-state index in [1.807, 2.05) is 17.5 Å². The van der Waals surface area contributed by atoms with Gasteiger partial charge in [-0.15, -0.1) is 11.3 Å². The number of hydrogen-bond donors (Lipinski definition) is 1. The van der Waals surface area contributed by atoms with E-state index in [-0.39, 0.29) is 28.9 Å². The fourth-order valence-corrected chi connectivity index (χ4v) is 6.03. The third-order valence-electron chi connectivity index (χ3n) is 5.10. The highest BCUT2D eigenvalue weighted by molar-refractivity contribution is 7.89. The van der Waals surface area contributed by atoms with Crippen LogP contribution in [-0.2, 0) is 26.1 Å². The zero-order valence-electron chi connectivity index (χ0n) is 15.9. The summed E-state index contributed by atoms with van der Waals surface area (Å²) in [5, 5.41) is 8.70. The van der Waals surface area contributed by atoms with Crippen LogP contribution in [0.4, 0.5) is 4.79 Å². The summed E-state index contributed by atoms with van der Waals surface area (Å²) in [6.07, 6.45) is 0.592. The minimum Gasteiger partial charge on any atom is -0.392 e. The van der Waals surface area contributed by atoms with E-state index < -0.39 is 21.7 Å². The monoisotopic (exact) mass is 469 g/mol. The van der Waals surface area contributed by atoms with Gasteiger partial charge in [-0.2, -0.15) is 4.31 Å². The number of carbonyl (C=O) groups excluding carboxylic acids is 1. The van der Waals surface area contributed by atoms with Crippen molar-refractivity contribution in [1.29, 1.82) is 0 Å². The molecule has 1 aromatic carbocycles. The molecule has 1 N–H and O–H groups in total. The molecule has 1 amide bonds. The van der Waals surface area contributed by atoms with Gasteiger partial charge in [0.25, 0.3) is 0 Å². The van der Waals surface area contributed by atoms with Crippen LogP contribution in [0.5, 0.6) is 0 Å². The molecule has 2 aromatic rings. The lowest BCUT2D eigenvalue weighted by Gasteiger charge is -2.36. The van der Waals surface area contributed by atoms with Crippen LogP contribution in [0.1, 0.15) is 24.1 Å². The van der Waals surface area contributed by atoms with E-state index in [1.165, 1.54) is 21.7 Å². The number of hydrogen-bond acceptors (Lipinski definition) is 7. The fraction of sp³-hybridized carbons (Fsp3) is 0.368. The second-order valence-corrected chi connectivity index (χ2v) is 10.4. The maximum Gasteiger partial charge on any atom is 0.414 e. The topological polar surface area (TPSA) is 97.3 Å². The number of halogens is 1. The van der Waals surface area contributed by atoms with Gasteiger partial charge < -0.3 is 14.9 Å². The summed E-state index contributed by atoms with van der Waals surface area (Å²) in [5.41, 5.74) is -0.657. The molecular weight excluding hydrogens is 450 g/mol. The Kier molecular flexibility index (Phi) is 6.01. The summed E-state index contributed by atoms with van der Waals surface area (Å²) in [5.74, 6) is 0.195. The Hall–Kier alpha value is -2.14. The van der Waals surface area contributed by atoms with Crippen molar-refractivity contribution in [3.8, 4) is 0 Å². The van der Waals surface area contributed by atoms with Gasteiger partial charge in [0.15, 0.2) is 0 Å². The predicted molar refractivity (Wildman–Crippen MR) is 113 cm³/mol. The van der Waals surface area contributed by atoms with Crippen LogP contribution in [0.2, 0.25) is 5.02 Å². The van der Waals surface area contributed by atoms with Crippen LogP contribution >= 0.6 is 22.9 Å². The standard InChI is InChI=1S/C19H20ClN3O5S2/c20-15-5-1-2-6-16(15)30(25,26)23-9-7-19(8-10-23)12-17(22-28-19)27-18(24)21-13-14-4-3-11-29-14/h1-6,11H,7-10,12-13H2,(H,21,24). The van der Waals surface area contributed by atoms with Crippen molar-refractivity contribution in [3.05, 3.63) is 51.7 Å². The number of thiophene rings is 1. The van der Waals surface area contributed by atoms with Crippen molar-refractivity contribution in [3.63, 3.8) is 0 Å². The number of nitrogens with one attached hydrogen (secondary N) is 1. The second-order valence-electron chi connectivity index (χ2n) is 7.09. The third-order valence-corrected chi connectivity index (χ3v) is 8.38. The smallest absolute Gasteiger partial charge is 0.392 e. The molecule has 0 radical (unpaired) electrons. The first-order valence-electron chi connectivity index (χ1n) is 9.36. The third kappa shape index (κ3) is 4.46. The molecule has 1 saturated heterocycles. The minimum absolute atomic E-state index is 0.0950. The molecule has 0 aliphatic carbocycles. The summed E-state index contributed by atoms with van der Waals surface area (Å²) in [7, 11) is -3.69. The van der Waals surface area contributed by atoms with E-state index in [4.69, 9.17) is 21.2 Å². The molecule has 1 aromatic heterocycles. The molecule has 2 aliphatic rings. The average molecular weight is 470 g/mol. The van der Waals surface area contributed by atoms with Crippen molar-refractivity contribution < 1.29 is 22.8 Å². The molecule has 30 heavy (non-hydrogen) atoms. The quantitative estimate of drug-likeness (QED) is 0.738. The molecule has 2 aliphatic heterocycles. The second kappa shape index (κ2) is 8.54. The van der Waals surface area contributed by atoms with Crippen LogP contribution in [0, 0.1) is 0 Å². The summed E-state index contributed by atoms with van der Waals surface area (Å²) in [6, 6.07) is 10.2. The Balaban J connectivity index is 1.30. The average Bonchev–Trinajstić information content (AvgIpc) is 3.37. The zero-order chi connectivity index (χ0) is 21.2. The Labute approximate surface area is 183 Å². The first kappa shape index (κ1) is 21.1. The molecule has 1 spiro atoms. The summed E-state index contributed by atoms with van der Waals surface area (Å²) < 4.78 is 32.4. The molecule has 0 atom stereocenters.